The van der Waals surface area contributed by atoms with Crippen molar-refractivity contribution in [1.82, 2.24) is 5.32 Å². The molecule has 3 N–H and O–H groups in total. The first-order valence-electron chi connectivity index (χ1n) is 7.55. The van der Waals surface area contributed by atoms with Gasteiger partial charge in [0.1, 0.15) is 0 Å². The third-order valence-electron chi connectivity index (χ3n) is 3.65. The highest BCUT2D eigenvalue weighted by molar-refractivity contribution is 5.89. The van der Waals surface area contributed by atoms with Crippen molar-refractivity contribution >= 4 is 17.4 Å². The zero-order chi connectivity index (χ0) is 17.5. The standard InChI is InChI=1S/C17H19N3O4/c1-2-12-7-8-15(9-16(12)20(23)24)19-17(22)18-10-13-5-3-4-6-14(13)11-21/h3-9,21H,2,10-11H2,1H3,(H2,18,19,22). The molecule has 126 valence electrons. The molecule has 0 fully saturated rings. The van der Waals surface area contributed by atoms with Crippen LogP contribution in [0.15, 0.2) is 42.5 Å². The monoisotopic (exact) mass is 329 g/mol. The van der Waals surface area contributed by atoms with E-state index in [0.29, 0.717) is 17.7 Å². The molecule has 0 heterocycles. The van der Waals surface area contributed by atoms with E-state index in [0.717, 1.165) is 11.1 Å². The van der Waals surface area contributed by atoms with Gasteiger partial charge in [0.2, 0.25) is 0 Å². The normalized spacial score (nSPS) is 10.2. The number of aliphatic hydroxyl groups excluding tert-OH is 1. The van der Waals surface area contributed by atoms with Gasteiger partial charge in [0, 0.05) is 23.9 Å². The molecule has 0 unspecified atom stereocenters. The van der Waals surface area contributed by atoms with Crippen LogP contribution in [-0.4, -0.2) is 16.1 Å². The summed E-state index contributed by atoms with van der Waals surface area (Å²) in [6.45, 7) is 1.97. The fourth-order valence-corrected chi connectivity index (χ4v) is 2.35. The van der Waals surface area contributed by atoms with Crippen molar-refractivity contribution < 1.29 is 14.8 Å². The van der Waals surface area contributed by atoms with E-state index < -0.39 is 11.0 Å². The molecule has 0 aromatic heterocycles. The number of nitrogens with zero attached hydrogens (tertiary/aromatic N) is 1. The van der Waals surface area contributed by atoms with Gasteiger partial charge in [-0.05, 0) is 23.6 Å². The van der Waals surface area contributed by atoms with Gasteiger partial charge >= 0.3 is 6.03 Å². The van der Waals surface area contributed by atoms with E-state index in [1.54, 1.807) is 18.2 Å². The van der Waals surface area contributed by atoms with Crippen LogP contribution >= 0.6 is 0 Å². The Morgan fingerprint density at radius 3 is 2.50 bits per heavy atom. The number of aryl methyl sites for hydroxylation is 1. The average molecular weight is 329 g/mol. The molecule has 0 saturated heterocycles. The van der Waals surface area contributed by atoms with Crippen molar-refractivity contribution in [3.8, 4) is 0 Å². The number of carbonyl (C=O) groups excluding carboxylic acids is 1. The number of anilines is 1. The number of rotatable bonds is 6. The Kier molecular flexibility index (Phi) is 5.86. The number of hydrogen-bond donors (Lipinski definition) is 3. The van der Waals surface area contributed by atoms with E-state index in [2.05, 4.69) is 10.6 Å². The Balaban J connectivity index is 2.02. The van der Waals surface area contributed by atoms with E-state index in [1.807, 2.05) is 25.1 Å². The molecule has 7 nitrogen and oxygen atoms in total. The fourth-order valence-electron chi connectivity index (χ4n) is 2.35. The molecule has 0 saturated carbocycles. The summed E-state index contributed by atoms with van der Waals surface area (Å²) < 4.78 is 0. The van der Waals surface area contributed by atoms with Crippen LogP contribution in [0.2, 0.25) is 0 Å². The number of carbonyl (C=O) groups is 1. The van der Waals surface area contributed by atoms with Crippen molar-refractivity contribution in [2.24, 2.45) is 0 Å². The van der Waals surface area contributed by atoms with Gasteiger partial charge < -0.3 is 15.7 Å². The number of nitro benzene ring substituents is 1. The minimum absolute atomic E-state index is 0.0130. The second-order valence-electron chi connectivity index (χ2n) is 5.19. The number of hydrogen-bond acceptors (Lipinski definition) is 4. The van der Waals surface area contributed by atoms with Gasteiger partial charge in [-0.3, -0.25) is 10.1 Å². The molecule has 0 aliphatic heterocycles. The summed E-state index contributed by atoms with van der Waals surface area (Å²) >= 11 is 0. The maximum absolute atomic E-state index is 12.0. The first-order valence-corrected chi connectivity index (χ1v) is 7.55. The summed E-state index contributed by atoms with van der Waals surface area (Å²) in [5.74, 6) is 0. The second-order valence-corrected chi connectivity index (χ2v) is 5.19. The molecule has 0 aliphatic rings. The van der Waals surface area contributed by atoms with Gasteiger partial charge in [-0.1, -0.05) is 37.3 Å². The molecule has 24 heavy (non-hydrogen) atoms. The van der Waals surface area contributed by atoms with Crippen LogP contribution in [0.1, 0.15) is 23.6 Å². The Labute approximate surface area is 139 Å². The molecule has 2 amide bonds. The van der Waals surface area contributed by atoms with Crippen LogP contribution < -0.4 is 10.6 Å². The largest absolute Gasteiger partial charge is 0.392 e. The van der Waals surface area contributed by atoms with Crippen molar-refractivity contribution in [2.45, 2.75) is 26.5 Å². The van der Waals surface area contributed by atoms with Crippen LogP contribution in [0, 0.1) is 10.1 Å². The Morgan fingerprint density at radius 1 is 1.17 bits per heavy atom. The van der Waals surface area contributed by atoms with E-state index >= 15 is 0 Å². The Bertz CT molecular complexity index is 746. The molecule has 7 heteroatoms. The summed E-state index contributed by atoms with van der Waals surface area (Å²) in [4.78, 5) is 22.6. The number of amides is 2. The predicted octanol–water partition coefficient (Wildman–Crippen LogP) is 2.97. The van der Waals surface area contributed by atoms with E-state index in [9.17, 15) is 20.0 Å². The average Bonchev–Trinajstić information content (AvgIpc) is 2.60. The molecule has 2 aromatic rings. The quantitative estimate of drug-likeness (QED) is 0.559. The Hall–Kier alpha value is -2.93. The number of benzene rings is 2. The zero-order valence-corrected chi connectivity index (χ0v) is 13.3. The lowest BCUT2D eigenvalue weighted by molar-refractivity contribution is -0.385. The predicted molar refractivity (Wildman–Crippen MR) is 90.7 cm³/mol. The molecule has 2 rings (SSSR count). The van der Waals surface area contributed by atoms with Crippen LogP contribution in [0.3, 0.4) is 0 Å². The lowest BCUT2D eigenvalue weighted by Gasteiger charge is -2.10. The third kappa shape index (κ3) is 4.30. The van der Waals surface area contributed by atoms with Gasteiger partial charge in [0.15, 0.2) is 0 Å². The van der Waals surface area contributed by atoms with Crippen LogP contribution in [-0.2, 0) is 19.6 Å². The first kappa shape index (κ1) is 17.4. The molecular formula is C17H19N3O4. The SMILES string of the molecule is CCc1ccc(NC(=O)NCc2ccccc2CO)cc1[N+](=O)[O-]. The van der Waals surface area contributed by atoms with E-state index in [4.69, 9.17) is 0 Å². The maximum Gasteiger partial charge on any atom is 0.319 e. The summed E-state index contributed by atoms with van der Waals surface area (Å²) in [6.07, 6.45) is 0.542. The third-order valence-corrected chi connectivity index (χ3v) is 3.65. The topological polar surface area (TPSA) is 104 Å². The van der Waals surface area contributed by atoms with Gasteiger partial charge in [0.05, 0.1) is 11.5 Å². The summed E-state index contributed by atoms with van der Waals surface area (Å²) in [7, 11) is 0. The minimum Gasteiger partial charge on any atom is -0.392 e. The molecule has 2 aromatic carbocycles. The Morgan fingerprint density at radius 2 is 1.88 bits per heavy atom. The summed E-state index contributed by atoms with van der Waals surface area (Å²) in [5.41, 5.74) is 2.50. The minimum atomic E-state index is -0.471. The summed E-state index contributed by atoms with van der Waals surface area (Å²) in [5, 5.41) is 25.6. The lowest BCUT2D eigenvalue weighted by atomic mass is 10.1. The van der Waals surface area contributed by atoms with Crippen molar-refractivity contribution in [3.05, 3.63) is 69.3 Å². The molecule has 0 spiro atoms. The number of nitrogens with one attached hydrogen (secondary N) is 2. The maximum atomic E-state index is 12.0. The highest BCUT2D eigenvalue weighted by Crippen LogP contribution is 2.23. The van der Waals surface area contributed by atoms with Gasteiger partial charge in [0.25, 0.3) is 5.69 Å². The summed E-state index contributed by atoms with van der Waals surface area (Å²) in [6, 6.07) is 11.4. The van der Waals surface area contributed by atoms with Crippen LogP contribution in [0.25, 0.3) is 0 Å². The molecular weight excluding hydrogens is 310 g/mol. The highest BCUT2D eigenvalue weighted by Gasteiger charge is 2.14. The number of urea groups is 1. The first-order chi connectivity index (χ1) is 11.5. The van der Waals surface area contributed by atoms with E-state index in [1.165, 1.54) is 6.07 Å². The molecule has 0 atom stereocenters. The fraction of sp³-hybridized carbons (Fsp3) is 0.235. The zero-order valence-electron chi connectivity index (χ0n) is 13.3. The smallest absolute Gasteiger partial charge is 0.319 e. The molecule has 0 aliphatic carbocycles. The molecule has 0 radical (unpaired) electrons. The van der Waals surface area contributed by atoms with Crippen molar-refractivity contribution in [2.75, 3.05) is 5.32 Å². The van der Waals surface area contributed by atoms with Crippen LogP contribution in [0.5, 0.6) is 0 Å². The van der Waals surface area contributed by atoms with Gasteiger partial charge in [-0.15, -0.1) is 0 Å². The van der Waals surface area contributed by atoms with E-state index in [-0.39, 0.29) is 18.8 Å². The number of aliphatic hydroxyl groups is 1. The van der Waals surface area contributed by atoms with Crippen molar-refractivity contribution in [1.29, 1.82) is 0 Å². The number of nitro groups is 1. The lowest BCUT2D eigenvalue weighted by Crippen LogP contribution is -2.28. The van der Waals surface area contributed by atoms with Gasteiger partial charge in [-0.2, -0.15) is 0 Å². The van der Waals surface area contributed by atoms with Crippen LogP contribution in [0.4, 0.5) is 16.2 Å². The highest BCUT2D eigenvalue weighted by atomic mass is 16.6. The second kappa shape index (κ2) is 8.07. The van der Waals surface area contributed by atoms with Crippen molar-refractivity contribution in [3.63, 3.8) is 0 Å². The van der Waals surface area contributed by atoms with Gasteiger partial charge in [-0.25, -0.2) is 4.79 Å². The molecule has 0 bridgehead atoms.